The standard InChI is InChI=1S/C39H57N7O3/c1-7-44(8-2)34-16-13-31(37(47)25-34)28-40-19-22-43(23-20-41-29-32-14-17-35(26-38(32)48)45(9-3)10-4)24-21-42-30-33-15-18-36(27-39(33)49)46(11-5)12-6/h13-18,25-30,47-49H,7-12,19-24H2,1-6H3. The van der Waals surface area contributed by atoms with E-state index in [2.05, 4.69) is 76.1 Å². The van der Waals surface area contributed by atoms with E-state index in [4.69, 9.17) is 0 Å². The van der Waals surface area contributed by atoms with Crippen molar-refractivity contribution in [3.05, 3.63) is 71.3 Å². The number of rotatable bonds is 21. The van der Waals surface area contributed by atoms with Gasteiger partial charge in [-0.1, -0.05) is 0 Å². The highest BCUT2D eigenvalue weighted by molar-refractivity contribution is 5.85. The summed E-state index contributed by atoms with van der Waals surface area (Å²) in [5.74, 6) is 0.654. The van der Waals surface area contributed by atoms with Gasteiger partial charge in [-0.05, 0) is 77.9 Å². The third kappa shape index (κ3) is 11.8. The molecule has 0 amide bonds. The van der Waals surface area contributed by atoms with Crippen LogP contribution in [0.5, 0.6) is 17.2 Å². The van der Waals surface area contributed by atoms with Crippen LogP contribution >= 0.6 is 0 Å². The van der Waals surface area contributed by atoms with E-state index in [9.17, 15) is 15.3 Å². The third-order valence-corrected chi connectivity index (χ3v) is 8.75. The Morgan fingerprint density at radius 2 is 0.714 bits per heavy atom. The predicted octanol–water partition coefficient (Wildman–Crippen LogP) is 6.30. The maximum atomic E-state index is 10.6. The largest absolute Gasteiger partial charge is 0.507 e. The quantitative estimate of drug-likeness (QED) is 0.114. The van der Waals surface area contributed by atoms with E-state index in [0.29, 0.717) is 56.0 Å². The molecule has 0 saturated carbocycles. The highest BCUT2D eigenvalue weighted by Crippen LogP contribution is 2.25. The van der Waals surface area contributed by atoms with Crippen molar-refractivity contribution < 1.29 is 15.3 Å². The number of aromatic hydroxyl groups is 3. The van der Waals surface area contributed by atoms with Crippen molar-refractivity contribution in [1.29, 1.82) is 0 Å². The van der Waals surface area contributed by atoms with Gasteiger partial charge in [-0.15, -0.1) is 0 Å². The summed E-state index contributed by atoms with van der Waals surface area (Å²) in [6, 6.07) is 17.1. The number of hydrogen-bond acceptors (Lipinski definition) is 10. The minimum atomic E-state index is 0.218. The van der Waals surface area contributed by atoms with Crippen molar-refractivity contribution >= 4 is 35.7 Å². The summed E-state index contributed by atoms with van der Waals surface area (Å²) >= 11 is 0. The van der Waals surface area contributed by atoms with Crippen molar-refractivity contribution in [1.82, 2.24) is 4.90 Å². The summed E-state index contributed by atoms with van der Waals surface area (Å²) < 4.78 is 0. The molecule has 49 heavy (non-hydrogen) atoms. The second kappa shape index (κ2) is 20.7. The number of phenolic OH excluding ortho intramolecular Hbond substituents is 3. The third-order valence-electron chi connectivity index (χ3n) is 8.75. The number of nitrogens with zero attached hydrogens (tertiary/aromatic N) is 7. The van der Waals surface area contributed by atoms with Crippen LogP contribution in [0.2, 0.25) is 0 Å². The van der Waals surface area contributed by atoms with Crippen LogP contribution in [-0.4, -0.2) is 117 Å². The van der Waals surface area contributed by atoms with E-state index in [1.165, 1.54) is 0 Å². The second-order valence-corrected chi connectivity index (χ2v) is 11.7. The maximum absolute atomic E-state index is 10.6. The Balaban J connectivity index is 1.64. The van der Waals surface area contributed by atoms with Gasteiger partial charge in [0.05, 0.1) is 19.6 Å². The summed E-state index contributed by atoms with van der Waals surface area (Å²) in [5.41, 5.74) is 5.05. The normalized spacial score (nSPS) is 11.8. The van der Waals surface area contributed by atoms with Crippen LogP contribution < -0.4 is 14.7 Å². The van der Waals surface area contributed by atoms with Gasteiger partial charge in [0.2, 0.25) is 0 Å². The molecule has 3 rings (SSSR count). The summed E-state index contributed by atoms with van der Waals surface area (Å²) in [6.45, 7) is 21.6. The zero-order valence-electron chi connectivity index (χ0n) is 30.4. The minimum Gasteiger partial charge on any atom is -0.507 e. The molecule has 0 saturated heterocycles. The first-order chi connectivity index (χ1) is 23.8. The summed E-state index contributed by atoms with van der Waals surface area (Å²) in [7, 11) is 0. The zero-order chi connectivity index (χ0) is 35.6. The monoisotopic (exact) mass is 671 g/mol. The molecule has 0 atom stereocenters. The van der Waals surface area contributed by atoms with Crippen molar-refractivity contribution in [3.8, 4) is 17.2 Å². The molecule has 0 heterocycles. The summed E-state index contributed by atoms with van der Waals surface area (Å²) in [5, 5.41) is 31.8. The first kappa shape index (κ1) is 38.9. The first-order valence-corrected chi connectivity index (χ1v) is 17.7. The molecule has 0 spiro atoms. The van der Waals surface area contributed by atoms with Crippen LogP contribution in [0.3, 0.4) is 0 Å². The van der Waals surface area contributed by atoms with Crippen LogP contribution in [0, 0.1) is 0 Å². The van der Waals surface area contributed by atoms with Crippen LogP contribution in [0.1, 0.15) is 58.2 Å². The van der Waals surface area contributed by atoms with Gasteiger partial charge in [0.15, 0.2) is 0 Å². The Morgan fingerprint density at radius 3 is 0.939 bits per heavy atom. The van der Waals surface area contributed by atoms with Gasteiger partial charge in [0.25, 0.3) is 0 Å². The molecular formula is C39H57N7O3. The number of benzene rings is 3. The maximum Gasteiger partial charge on any atom is 0.126 e. The molecule has 0 aliphatic carbocycles. The molecule has 0 radical (unpaired) electrons. The molecule has 0 bridgehead atoms. The van der Waals surface area contributed by atoms with E-state index < -0.39 is 0 Å². The number of aliphatic imine (C=N–C) groups is 3. The SMILES string of the molecule is CCN(CC)c1ccc(C=NCCN(CCN=Cc2ccc(N(CC)CC)cc2O)CCN=Cc2ccc(N(CC)CC)cc2O)c(O)c1. The molecule has 3 aromatic carbocycles. The van der Waals surface area contributed by atoms with Gasteiger partial charge in [0.1, 0.15) is 17.2 Å². The molecule has 266 valence electrons. The Labute approximate surface area is 293 Å². The van der Waals surface area contributed by atoms with Gasteiger partial charge in [0, 0.05) is 129 Å². The number of anilines is 3. The van der Waals surface area contributed by atoms with Crippen LogP contribution in [-0.2, 0) is 0 Å². The van der Waals surface area contributed by atoms with Crippen molar-refractivity contribution in [3.63, 3.8) is 0 Å². The van der Waals surface area contributed by atoms with E-state index in [0.717, 1.165) is 56.3 Å². The predicted molar refractivity (Wildman–Crippen MR) is 209 cm³/mol. The molecule has 0 unspecified atom stereocenters. The molecule has 10 nitrogen and oxygen atoms in total. The molecule has 3 N–H and O–H groups in total. The minimum absolute atomic E-state index is 0.218. The van der Waals surface area contributed by atoms with Crippen molar-refractivity contribution in [2.45, 2.75) is 41.5 Å². The lowest BCUT2D eigenvalue weighted by Crippen LogP contribution is -2.31. The molecular weight excluding hydrogens is 614 g/mol. The topological polar surface area (TPSA) is 111 Å². The highest BCUT2D eigenvalue weighted by atomic mass is 16.3. The van der Waals surface area contributed by atoms with E-state index >= 15 is 0 Å². The van der Waals surface area contributed by atoms with Crippen LogP contribution in [0.15, 0.2) is 69.6 Å². The van der Waals surface area contributed by atoms with Gasteiger partial charge < -0.3 is 30.0 Å². The fourth-order valence-corrected chi connectivity index (χ4v) is 5.70. The lowest BCUT2D eigenvalue weighted by Gasteiger charge is -2.21. The van der Waals surface area contributed by atoms with Gasteiger partial charge in [-0.25, -0.2) is 0 Å². The van der Waals surface area contributed by atoms with Crippen LogP contribution in [0.4, 0.5) is 17.1 Å². The Bertz CT molecular complexity index is 1330. The zero-order valence-corrected chi connectivity index (χ0v) is 30.4. The Kier molecular flexibility index (Phi) is 16.4. The Morgan fingerprint density at radius 1 is 0.449 bits per heavy atom. The van der Waals surface area contributed by atoms with E-state index in [1.807, 2.05) is 36.4 Å². The molecule has 0 aromatic heterocycles. The highest BCUT2D eigenvalue weighted by Gasteiger charge is 2.09. The van der Waals surface area contributed by atoms with Gasteiger partial charge >= 0.3 is 0 Å². The average molecular weight is 672 g/mol. The lowest BCUT2D eigenvalue weighted by molar-refractivity contribution is 0.298. The first-order valence-electron chi connectivity index (χ1n) is 17.7. The molecule has 0 aliphatic rings. The molecule has 3 aromatic rings. The van der Waals surface area contributed by atoms with E-state index in [-0.39, 0.29) is 17.2 Å². The van der Waals surface area contributed by atoms with Gasteiger partial charge in [-0.3, -0.25) is 19.9 Å². The average Bonchev–Trinajstić information content (AvgIpc) is 3.10. The van der Waals surface area contributed by atoms with Crippen molar-refractivity contribution in [2.75, 3.05) is 93.2 Å². The van der Waals surface area contributed by atoms with Crippen LogP contribution in [0.25, 0.3) is 0 Å². The smallest absolute Gasteiger partial charge is 0.126 e. The fraction of sp³-hybridized carbons (Fsp3) is 0.462. The van der Waals surface area contributed by atoms with Crippen molar-refractivity contribution in [2.24, 2.45) is 15.0 Å². The molecule has 10 heteroatoms. The summed E-state index contributed by atoms with van der Waals surface area (Å²) in [4.78, 5) is 22.7. The Hall–Kier alpha value is -4.57. The second-order valence-electron chi connectivity index (χ2n) is 11.7. The number of hydrogen-bond donors (Lipinski definition) is 3. The molecule has 0 aliphatic heterocycles. The summed E-state index contributed by atoms with van der Waals surface area (Å²) in [6.07, 6.45) is 5.18. The van der Waals surface area contributed by atoms with E-state index in [1.54, 1.807) is 36.8 Å². The number of phenols is 3. The fourth-order valence-electron chi connectivity index (χ4n) is 5.70. The lowest BCUT2D eigenvalue weighted by atomic mass is 10.2. The molecule has 0 fully saturated rings. The van der Waals surface area contributed by atoms with Gasteiger partial charge in [-0.2, -0.15) is 0 Å².